The summed E-state index contributed by atoms with van der Waals surface area (Å²) in [5, 5.41) is 22.0. The molecule has 8 heteroatoms. The Bertz CT molecular complexity index is 681. The van der Waals surface area contributed by atoms with Gasteiger partial charge in [0.2, 0.25) is 0 Å². The molecule has 1 aromatic heterocycles. The fourth-order valence-electron chi connectivity index (χ4n) is 1.93. The van der Waals surface area contributed by atoms with E-state index < -0.39 is 17.5 Å². The second kappa shape index (κ2) is 6.91. The third-order valence-electron chi connectivity index (χ3n) is 3.20. The molecule has 0 unspecified atom stereocenters. The Balaban J connectivity index is 2.01. The Morgan fingerprint density at radius 2 is 1.96 bits per heavy atom. The van der Waals surface area contributed by atoms with Gasteiger partial charge in [-0.3, -0.25) is 4.79 Å². The van der Waals surface area contributed by atoms with Gasteiger partial charge in [-0.15, -0.1) is 5.10 Å². The van der Waals surface area contributed by atoms with Crippen LogP contribution < -0.4 is 10.6 Å². The highest BCUT2D eigenvalue weighted by Gasteiger charge is 2.26. The summed E-state index contributed by atoms with van der Waals surface area (Å²) in [5.74, 6) is -0.963. The minimum absolute atomic E-state index is 0.0634. The number of hydrogen-bond donors (Lipinski definition) is 3. The van der Waals surface area contributed by atoms with Gasteiger partial charge in [0.05, 0.1) is 23.8 Å². The molecule has 122 valence electrons. The average Bonchev–Trinajstić information content (AvgIpc) is 2.98. The summed E-state index contributed by atoms with van der Waals surface area (Å²) in [6.45, 7) is 3.65. The van der Waals surface area contributed by atoms with Crippen LogP contribution in [0.1, 0.15) is 26.0 Å². The monoisotopic (exact) mass is 317 g/mol. The van der Waals surface area contributed by atoms with E-state index in [2.05, 4.69) is 20.9 Å². The summed E-state index contributed by atoms with van der Waals surface area (Å²) in [6.07, 6.45) is 1.62. The van der Waals surface area contributed by atoms with E-state index >= 15 is 0 Å². The Hall–Kier alpha value is -2.90. The lowest BCUT2D eigenvalue weighted by Crippen LogP contribution is -2.47. The molecule has 1 aromatic carbocycles. The lowest BCUT2D eigenvalue weighted by Gasteiger charge is -2.23. The number of aromatic nitrogens is 3. The van der Waals surface area contributed by atoms with Crippen molar-refractivity contribution in [2.45, 2.75) is 25.8 Å². The number of hydrogen-bond acceptors (Lipinski definition) is 4. The maximum atomic E-state index is 11.8. The number of amides is 2. The Morgan fingerprint density at radius 3 is 2.61 bits per heavy atom. The first-order chi connectivity index (χ1) is 10.9. The molecule has 1 heterocycles. The van der Waals surface area contributed by atoms with E-state index in [0.29, 0.717) is 5.69 Å². The van der Waals surface area contributed by atoms with Gasteiger partial charge in [-0.1, -0.05) is 23.4 Å². The first kappa shape index (κ1) is 16.5. The van der Waals surface area contributed by atoms with E-state index in [4.69, 9.17) is 5.11 Å². The second-order valence-corrected chi connectivity index (χ2v) is 5.53. The highest BCUT2D eigenvalue weighted by atomic mass is 16.4. The number of carboxylic acid groups (broad SMARTS) is 1. The van der Waals surface area contributed by atoms with Crippen LogP contribution in [0.15, 0.2) is 36.5 Å². The zero-order valence-electron chi connectivity index (χ0n) is 13.0. The van der Waals surface area contributed by atoms with E-state index in [0.717, 1.165) is 5.69 Å². The molecule has 8 nitrogen and oxygen atoms in total. The average molecular weight is 317 g/mol. The van der Waals surface area contributed by atoms with Gasteiger partial charge in [-0.2, -0.15) is 0 Å². The lowest BCUT2D eigenvalue weighted by atomic mass is 10.0. The normalized spacial score (nSPS) is 11.0. The molecule has 0 aliphatic heterocycles. The molecular weight excluding hydrogens is 298 g/mol. The largest absolute Gasteiger partial charge is 0.481 e. The zero-order valence-corrected chi connectivity index (χ0v) is 13.0. The van der Waals surface area contributed by atoms with Crippen molar-refractivity contribution in [1.82, 2.24) is 25.6 Å². The van der Waals surface area contributed by atoms with Crippen LogP contribution >= 0.6 is 0 Å². The zero-order chi connectivity index (χ0) is 16.9. The van der Waals surface area contributed by atoms with Crippen LogP contribution in [0.25, 0.3) is 5.69 Å². The standard InChI is InChI=1S/C15H19N5O3/c1-15(2,17-14(23)16-9-8-13(21)22)12-10-20(19-18-12)11-6-4-3-5-7-11/h3-7,10H,8-9H2,1-2H3,(H,21,22)(H2,16,17,23). The van der Waals surface area contributed by atoms with Crippen LogP contribution in [0.2, 0.25) is 0 Å². The molecule has 2 amide bonds. The summed E-state index contributed by atoms with van der Waals surface area (Å²) in [4.78, 5) is 22.3. The predicted molar refractivity (Wildman–Crippen MR) is 83.2 cm³/mol. The molecule has 0 atom stereocenters. The van der Waals surface area contributed by atoms with Crippen molar-refractivity contribution in [3.05, 3.63) is 42.2 Å². The molecule has 0 bridgehead atoms. The Morgan fingerprint density at radius 1 is 1.26 bits per heavy atom. The molecule has 0 spiro atoms. The highest BCUT2D eigenvalue weighted by Crippen LogP contribution is 2.18. The number of carboxylic acids is 1. The van der Waals surface area contributed by atoms with Crippen molar-refractivity contribution in [3.8, 4) is 5.69 Å². The molecule has 23 heavy (non-hydrogen) atoms. The van der Waals surface area contributed by atoms with E-state index in [1.54, 1.807) is 24.7 Å². The molecule has 0 fully saturated rings. The third kappa shape index (κ3) is 4.53. The number of nitrogens with one attached hydrogen (secondary N) is 2. The van der Waals surface area contributed by atoms with Crippen LogP contribution in [0.4, 0.5) is 4.79 Å². The van der Waals surface area contributed by atoms with Crippen LogP contribution in [0.5, 0.6) is 0 Å². The van der Waals surface area contributed by atoms with Crippen molar-refractivity contribution in [2.75, 3.05) is 6.54 Å². The van der Waals surface area contributed by atoms with E-state index in [1.165, 1.54) is 0 Å². The molecule has 2 aromatic rings. The fourth-order valence-corrected chi connectivity index (χ4v) is 1.93. The van der Waals surface area contributed by atoms with Gasteiger partial charge in [0.15, 0.2) is 0 Å². The highest BCUT2D eigenvalue weighted by molar-refractivity contribution is 5.75. The van der Waals surface area contributed by atoms with Crippen molar-refractivity contribution < 1.29 is 14.7 Å². The Kier molecular flexibility index (Phi) is 4.95. The van der Waals surface area contributed by atoms with Gasteiger partial charge in [-0.25, -0.2) is 9.48 Å². The summed E-state index contributed by atoms with van der Waals surface area (Å²) in [7, 11) is 0. The first-order valence-corrected chi connectivity index (χ1v) is 7.14. The molecule has 0 aliphatic rings. The number of rotatable bonds is 6. The molecular formula is C15H19N5O3. The van der Waals surface area contributed by atoms with Crippen LogP contribution in [-0.2, 0) is 10.3 Å². The summed E-state index contributed by atoms with van der Waals surface area (Å²) in [5.41, 5.74) is 0.711. The molecule has 0 aliphatic carbocycles. The van der Waals surface area contributed by atoms with Crippen molar-refractivity contribution in [3.63, 3.8) is 0 Å². The summed E-state index contributed by atoms with van der Waals surface area (Å²) < 4.78 is 1.63. The minimum atomic E-state index is -0.963. The molecule has 0 saturated carbocycles. The van der Waals surface area contributed by atoms with Gasteiger partial charge in [0.1, 0.15) is 5.69 Å². The molecule has 0 radical (unpaired) electrons. The van der Waals surface area contributed by atoms with Crippen molar-refractivity contribution in [2.24, 2.45) is 0 Å². The lowest BCUT2D eigenvalue weighted by molar-refractivity contribution is -0.136. The number of carbonyl (C=O) groups is 2. The number of para-hydroxylation sites is 1. The number of nitrogens with zero attached hydrogens (tertiary/aromatic N) is 3. The quantitative estimate of drug-likeness (QED) is 0.743. The second-order valence-electron chi connectivity index (χ2n) is 5.53. The molecule has 2 rings (SSSR count). The Labute approximate surface area is 133 Å². The number of urea groups is 1. The van der Waals surface area contributed by atoms with E-state index in [-0.39, 0.29) is 13.0 Å². The first-order valence-electron chi connectivity index (χ1n) is 7.14. The summed E-state index contributed by atoms with van der Waals surface area (Å²) in [6, 6.07) is 9.06. The fraction of sp³-hybridized carbons (Fsp3) is 0.333. The van der Waals surface area contributed by atoms with Crippen molar-refractivity contribution in [1.29, 1.82) is 0 Å². The van der Waals surface area contributed by atoms with Gasteiger partial charge in [0, 0.05) is 6.54 Å². The topological polar surface area (TPSA) is 109 Å². The van der Waals surface area contributed by atoms with Crippen LogP contribution in [-0.4, -0.2) is 38.6 Å². The van der Waals surface area contributed by atoms with E-state index in [9.17, 15) is 9.59 Å². The van der Waals surface area contributed by atoms with Gasteiger partial charge < -0.3 is 15.7 Å². The van der Waals surface area contributed by atoms with Gasteiger partial charge in [0.25, 0.3) is 0 Å². The number of aliphatic carboxylic acids is 1. The maximum Gasteiger partial charge on any atom is 0.315 e. The number of benzene rings is 1. The third-order valence-corrected chi connectivity index (χ3v) is 3.20. The van der Waals surface area contributed by atoms with Crippen LogP contribution in [0, 0.1) is 0 Å². The number of carbonyl (C=O) groups excluding carboxylic acids is 1. The van der Waals surface area contributed by atoms with Gasteiger partial charge in [-0.05, 0) is 26.0 Å². The minimum Gasteiger partial charge on any atom is -0.481 e. The predicted octanol–water partition coefficient (Wildman–Crippen LogP) is 1.28. The smallest absolute Gasteiger partial charge is 0.315 e. The van der Waals surface area contributed by atoms with E-state index in [1.807, 2.05) is 30.3 Å². The maximum absolute atomic E-state index is 11.8. The molecule has 3 N–H and O–H groups in total. The van der Waals surface area contributed by atoms with Gasteiger partial charge >= 0.3 is 12.0 Å². The summed E-state index contributed by atoms with van der Waals surface area (Å²) >= 11 is 0. The molecule has 0 saturated heterocycles. The SMILES string of the molecule is CC(C)(NC(=O)NCCC(=O)O)c1cn(-c2ccccc2)nn1. The van der Waals surface area contributed by atoms with Crippen LogP contribution in [0.3, 0.4) is 0 Å². The van der Waals surface area contributed by atoms with Crippen molar-refractivity contribution >= 4 is 12.0 Å².